The van der Waals surface area contributed by atoms with Crippen LogP contribution < -0.4 is 0 Å². The second-order valence-corrected chi connectivity index (χ2v) is 4.98. The van der Waals surface area contributed by atoms with Crippen LogP contribution in [-0.2, 0) is 18.9 Å². The van der Waals surface area contributed by atoms with Gasteiger partial charge in [0.05, 0.1) is 25.9 Å². The maximum Gasteiger partial charge on any atom is 0.0802 e. The van der Waals surface area contributed by atoms with Crippen molar-refractivity contribution in [3.8, 4) is 0 Å². The first-order chi connectivity index (χ1) is 9.65. The summed E-state index contributed by atoms with van der Waals surface area (Å²) in [5.74, 6) is 0.525. The first-order valence-electron chi connectivity index (χ1n) is 7.83. The van der Waals surface area contributed by atoms with Crippen LogP contribution in [0.1, 0.15) is 61.8 Å². The molecule has 0 heterocycles. The molecule has 0 aliphatic rings. The van der Waals surface area contributed by atoms with E-state index in [1.54, 1.807) is 14.2 Å². The van der Waals surface area contributed by atoms with Crippen molar-refractivity contribution in [1.82, 2.24) is 0 Å². The molecule has 4 nitrogen and oxygen atoms in total. The normalized spacial score (nSPS) is 12.3. The molecule has 22 heavy (non-hydrogen) atoms. The molecule has 0 saturated heterocycles. The molecule has 0 aromatic heterocycles. The highest BCUT2D eigenvalue weighted by molar-refractivity contribution is 4.50. The van der Waals surface area contributed by atoms with Crippen molar-refractivity contribution in [2.75, 3.05) is 47.3 Å². The Labute approximate surface area is 140 Å². The van der Waals surface area contributed by atoms with E-state index in [0.29, 0.717) is 5.92 Å². The summed E-state index contributed by atoms with van der Waals surface area (Å²) in [5, 5.41) is 0. The maximum atomic E-state index is 5.32. The topological polar surface area (TPSA) is 36.9 Å². The van der Waals surface area contributed by atoms with Crippen LogP contribution in [0, 0.1) is 5.92 Å². The molecule has 2 atom stereocenters. The van der Waals surface area contributed by atoms with Gasteiger partial charge in [0.2, 0.25) is 0 Å². The number of hydrogen-bond acceptors (Lipinski definition) is 4. The summed E-state index contributed by atoms with van der Waals surface area (Å²) in [6.45, 7) is 12.5. The SMILES string of the molecule is C.C.CCCOCC(C)COC.CCCOCC(CC)OC. The summed E-state index contributed by atoms with van der Waals surface area (Å²) in [7, 11) is 3.44. The third-order valence-corrected chi connectivity index (χ3v) is 2.64. The van der Waals surface area contributed by atoms with Gasteiger partial charge >= 0.3 is 0 Å². The van der Waals surface area contributed by atoms with Crippen molar-refractivity contribution in [2.45, 2.75) is 67.9 Å². The third-order valence-electron chi connectivity index (χ3n) is 2.64. The average molecular weight is 325 g/mol. The van der Waals surface area contributed by atoms with E-state index in [4.69, 9.17) is 18.9 Å². The van der Waals surface area contributed by atoms with Gasteiger partial charge in [-0.15, -0.1) is 0 Å². The highest BCUT2D eigenvalue weighted by Gasteiger charge is 2.02. The van der Waals surface area contributed by atoms with Gasteiger partial charge in [0, 0.05) is 33.4 Å². The van der Waals surface area contributed by atoms with E-state index in [1.165, 1.54) is 0 Å². The first kappa shape index (κ1) is 29.8. The summed E-state index contributed by atoms with van der Waals surface area (Å²) >= 11 is 0. The van der Waals surface area contributed by atoms with Gasteiger partial charge < -0.3 is 18.9 Å². The lowest BCUT2D eigenvalue weighted by Crippen LogP contribution is -2.17. The van der Waals surface area contributed by atoms with Crippen LogP contribution in [-0.4, -0.2) is 53.4 Å². The molecule has 0 aromatic carbocycles. The van der Waals surface area contributed by atoms with Crippen molar-refractivity contribution in [3.63, 3.8) is 0 Å². The summed E-state index contributed by atoms with van der Waals surface area (Å²) in [4.78, 5) is 0. The molecule has 140 valence electrons. The van der Waals surface area contributed by atoms with E-state index in [9.17, 15) is 0 Å². The Morgan fingerprint density at radius 2 is 1.27 bits per heavy atom. The van der Waals surface area contributed by atoms with E-state index in [2.05, 4.69) is 27.7 Å². The lowest BCUT2D eigenvalue weighted by molar-refractivity contribution is 0.00714. The molecular formula is C18H44O4. The number of hydrogen-bond donors (Lipinski definition) is 0. The second kappa shape index (κ2) is 25.8. The van der Waals surface area contributed by atoms with Crippen LogP contribution in [0.5, 0.6) is 0 Å². The highest BCUT2D eigenvalue weighted by atomic mass is 16.5. The Morgan fingerprint density at radius 1 is 0.773 bits per heavy atom. The largest absolute Gasteiger partial charge is 0.384 e. The van der Waals surface area contributed by atoms with Gasteiger partial charge in [-0.2, -0.15) is 0 Å². The van der Waals surface area contributed by atoms with E-state index < -0.39 is 0 Å². The van der Waals surface area contributed by atoms with E-state index in [-0.39, 0.29) is 21.0 Å². The fourth-order valence-corrected chi connectivity index (χ4v) is 1.47. The highest BCUT2D eigenvalue weighted by Crippen LogP contribution is 1.97. The van der Waals surface area contributed by atoms with Gasteiger partial charge in [-0.3, -0.25) is 0 Å². The van der Waals surface area contributed by atoms with E-state index in [0.717, 1.165) is 52.3 Å². The Balaban J connectivity index is -0.000000135. The summed E-state index contributed by atoms with van der Waals surface area (Å²) in [5.41, 5.74) is 0. The molecule has 0 bridgehead atoms. The predicted molar refractivity (Wildman–Crippen MR) is 97.8 cm³/mol. The summed E-state index contributed by atoms with van der Waals surface area (Å²) < 4.78 is 20.7. The van der Waals surface area contributed by atoms with E-state index in [1.807, 2.05) is 0 Å². The Bertz CT molecular complexity index is 161. The van der Waals surface area contributed by atoms with E-state index >= 15 is 0 Å². The van der Waals surface area contributed by atoms with Gasteiger partial charge in [-0.25, -0.2) is 0 Å². The quantitative estimate of drug-likeness (QED) is 0.483. The number of rotatable bonds is 12. The van der Waals surface area contributed by atoms with Crippen LogP contribution in [0.25, 0.3) is 0 Å². The zero-order valence-corrected chi connectivity index (χ0v) is 14.4. The lowest BCUT2D eigenvalue weighted by atomic mass is 10.2. The smallest absolute Gasteiger partial charge is 0.0802 e. The minimum Gasteiger partial charge on any atom is -0.384 e. The molecule has 4 heteroatoms. The molecule has 2 unspecified atom stereocenters. The molecule has 0 aliphatic carbocycles. The lowest BCUT2D eigenvalue weighted by Gasteiger charge is -2.12. The van der Waals surface area contributed by atoms with Gasteiger partial charge in [-0.05, 0) is 19.3 Å². The molecule has 0 saturated carbocycles. The van der Waals surface area contributed by atoms with Crippen molar-refractivity contribution in [3.05, 3.63) is 0 Å². The molecule has 0 rings (SSSR count). The van der Waals surface area contributed by atoms with Crippen LogP contribution in [0.2, 0.25) is 0 Å². The zero-order valence-electron chi connectivity index (χ0n) is 14.4. The minimum absolute atomic E-state index is 0. The number of methoxy groups -OCH3 is 2. The van der Waals surface area contributed by atoms with Crippen LogP contribution in [0.15, 0.2) is 0 Å². The van der Waals surface area contributed by atoms with Gasteiger partial charge in [-0.1, -0.05) is 42.5 Å². The zero-order chi connectivity index (χ0) is 15.6. The first-order valence-corrected chi connectivity index (χ1v) is 7.83. The molecule has 0 fully saturated rings. The summed E-state index contributed by atoms with van der Waals surface area (Å²) in [6.07, 6.45) is 3.49. The Morgan fingerprint density at radius 3 is 1.64 bits per heavy atom. The molecular weight excluding hydrogens is 280 g/mol. The van der Waals surface area contributed by atoms with Gasteiger partial charge in [0.1, 0.15) is 0 Å². The molecule has 0 aliphatic heterocycles. The van der Waals surface area contributed by atoms with Crippen molar-refractivity contribution >= 4 is 0 Å². The van der Waals surface area contributed by atoms with Crippen molar-refractivity contribution in [1.29, 1.82) is 0 Å². The monoisotopic (exact) mass is 324 g/mol. The molecule has 0 N–H and O–H groups in total. The van der Waals surface area contributed by atoms with Crippen LogP contribution >= 0.6 is 0 Å². The van der Waals surface area contributed by atoms with Gasteiger partial charge in [0.25, 0.3) is 0 Å². The molecule has 0 spiro atoms. The molecule has 0 aromatic rings. The average Bonchev–Trinajstić information content (AvgIpc) is 2.45. The standard InChI is InChI=1S/2C8H18O2.2CH4/c1-4-5-10-7-8(2)6-9-3;1-4-6-10-7-8(5-2)9-3;;/h2*8H,4-7H2,1-3H3;2*1H4. The number of ether oxygens (including phenoxy) is 4. The fourth-order valence-electron chi connectivity index (χ4n) is 1.47. The predicted octanol–water partition coefficient (Wildman–Crippen LogP) is 4.81. The second-order valence-electron chi connectivity index (χ2n) is 4.98. The third kappa shape index (κ3) is 24.8. The Kier molecular flexibility index (Phi) is 34.9. The minimum atomic E-state index is 0. The fraction of sp³-hybridized carbons (Fsp3) is 1.00. The van der Waals surface area contributed by atoms with Gasteiger partial charge in [0.15, 0.2) is 0 Å². The summed E-state index contributed by atoms with van der Waals surface area (Å²) in [6, 6.07) is 0. The van der Waals surface area contributed by atoms with Crippen molar-refractivity contribution < 1.29 is 18.9 Å². The van der Waals surface area contributed by atoms with Crippen LogP contribution in [0.3, 0.4) is 0 Å². The molecule has 0 radical (unpaired) electrons. The Hall–Kier alpha value is -0.160. The molecule has 0 amide bonds. The van der Waals surface area contributed by atoms with Crippen LogP contribution in [0.4, 0.5) is 0 Å². The maximum absolute atomic E-state index is 5.32. The van der Waals surface area contributed by atoms with Crippen molar-refractivity contribution in [2.24, 2.45) is 5.92 Å².